The normalized spacial score (nSPS) is 11.3. The average Bonchev–Trinajstić information content (AvgIpc) is 2.86. The molecule has 3 aromatic rings. The van der Waals surface area contributed by atoms with Crippen LogP contribution in [0, 0.1) is 0 Å². The van der Waals surface area contributed by atoms with Crippen LogP contribution in [-0.4, -0.2) is 6.61 Å². The van der Waals surface area contributed by atoms with E-state index in [0.29, 0.717) is 0 Å². The Hall–Kier alpha value is -2.64. The Labute approximate surface area is 201 Å². The topological polar surface area (TPSA) is 9.23 Å². The molecule has 0 saturated carbocycles. The van der Waals surface area contributed by atoms with Crippen molar-refractivity contribution >= 4 is 6.08 Å². The first-order valence-corrected chi connectivity index (χ1v) is 12.8. The molecule has 0 saturated heterocycles. The van der Waals surface area contributed by atoms with Crippen molar-refractivity contribution in [2.24, 2.45) is 0 Å². The van der Waals surface area contributed by atoms with Gasteiger partial charge in [0.15, 0.2) is 0 Å². The van der Waals surface area contributed by atoms with E-state index in [1.54, 1.807) is 0 Å². The van der Waals surface area contributed by atoms with Gasteiger partial charge in [0.25, 0.3) is 0 Å². The van der Waals surface area contributed by atoms with E-state index in [1.165, 1.54) is 46.2 Å². The Morgan fingerprint density at radius 1 is 0.636 bits per heavy atom. The van der Waals surface area contributed by atoms with Gasteiger partial charge in [0.2, 0.25) is 0 Å². The second kappa shape index (κ2) is 14.5. The standard InChI is InChI=1S/C32H40O/c1-3-5-9-25-33-26-32-12-8-7-11-31(32)24-23-30-21-19-29(20-22-30)18-17-28-15-13-27(14-16-28)10-6-4-2/h6-8,10-16,19-22H,3-5,9,17-18,23-26H2,1-2H3/b10-6+. The summed E-state index contributed by atoms with van der Waals surface area (Å²) >= 11 is 0. The monoisotopic (exact) mass is 440 g/mol. The van der Waals surface area contributed by atoms with Gasteiger partial charge < -0.3 is 4.74 Å². The highest BCUT2D eigenvalue weighted by molar-refractivity contribution is 5.49. The van der Waals surface area contributed by atoms with Crippen LogP contribution in [-0.2, 0) is 37.0 Å². The van der Waals surface area contributed by atoms with Crippen molar-refractivity contribution in [1.29, 1.82) is 0 Å². The SMILES string of the molecule is CC/C=C/c1ccc(CCc2ccc(CCc3ccccc3COCCCCC)cc2)cc1. The number of benzene rings is 3. The van der Waals surface area contributed by atoms with Gasteiger partial charge in [0.05, 0.1) is 6.61 Å². The molecule has 0 atom stereocenters. The first-order chi connectivity index (χ1) is 16.3. The maximum absolute atomic E-state index is 5.91. The molecule has 0 spiro atoms. The van der Waals surface area contributed by atoms with Crippen LogP contribution in [0.5, 0.6) is 0 Å². The third-order valence-electron chi connectivity index (χ3n) is 6.20. The molecule has 0 N–H and O–H groups in total. The minimum Gasteiger partial charge on any atom is -0.377 e. The molecule has 33 heavy (non-hydrogen) atoms. The fraction of sp³-hybridized carbons (Fsp3) is 0.375. The molecule has 3 rings (SSSR count). The molecule has 0 aliphatic rings. The molecule has 1 nitrogen and oxygen atoms in total. The number of unbranched alkanes of at least 4 members (excludes halogenated alkanes) is 2. The zero-order valence-electron chi connectivity index (χ0n) is 20.6. The third kappa shape index (κ3) is 9.02. The van der Waals surface area contributed by atoms with Crippen molar-refractivity contribution in [1.82, 2.24) is 0 Å². The second-order valence-corrected chi connectivity index (χ2v) is 8.90. The van der Waals surface area contributed by atoms with Crippen molar-refractivity contribution in [3.63, 3.8) is 0 Å². The van der Waals surface area contributed by atoms with Gasteiger partial charge in [0, 0.05) is 6.61 Å². The Kier molecular flexibility index (Phi) is 11.0. The quantitative estimate of drug-likeness (QED) is 0.229. The van der Waals surface area contributed by atoms with E-state index >= 15 is 0 Å². The van der Waals surface area contributed by atoms with Gasteiger partial charge in [-0.1, -0.05) is 112 Å². The Morgan fingerprint density at radius 2 is 1.21 bits per heavy atom. The van der Waals surface area contributed by atoms with Crippen molar-refractivity contribution in [3.8, 4) is 0 Å². The molecule has 1 heteroatoms. The molecule has 0 radical (unpaired) electrons. The summed E-state index contributed by atoms with van der Waals surface area (Å²) in [6.07, 6.45) is 13.4. The molecule has 0 bridgehead atoms. The lowest BCUT2D eigenvalue weighted by Gasteiger charge is -2.11. The zero-order valence-corrected chi connectivity index (χ0v) is 20.6. The zero-order chi connectivity index (χ0) is 23.1. The van der Waals surface area contributed by atoms with Gasteiger partial charge in [-0.05, 0) is 71.9 Å². The van der Waals surface area contributed by atoms with Gasteiger partial charge in [-0.2, -0.15) is 0 Å². The molecule has 174 valence electrons. The van der Waals surface area contributed by atoms with Crippen LogP contribution in [0.2, 0.25) is 0 Å². The van der Waals surface area contributed by atoms with Gasteiger partial charge in [-0.25, -0.2) is 0 Å². The van der Waals surface area contributed by atoms with Crippen LogP contribution < -0.4 is 0 Å². The molecule has 0 aliphatic carbocycles. The van der Waals surface area contributed by atoms with E-state index in [-0.39, 0.29) is 0 Å². The van der Waals surface area contributed by atoms with Gasteiger partial charge >= 0.3 is 0 Å². The van der Waals surface area contributed by atoms with Crippen LogP contribution in [0.1, 0.15) is 72.9 Å². The summed E-state index contributed by atoms with van der Waals surface area (Å²) in [5, 5.41) is 0. The molecule has 0 unspecified atom stereocenters. The fourth-order valence-electron chi connectivity index (χ4n) is 4.07. The molecular weight excluding hydrogens is 400 g/mol. The predicted molar refractivity (Wildman–Crippen MR) is 143 cm³/mol. The summed E-state index contributed by atoms with van der Waals surface area (Å²) in [4.78, 5) is 0. The summed E-state index contributed by atoms with van der Waals surface area (Å²) in [5.41, 5.74) is 8.26. The first kappa shape index (κ1) is 25.0. The van der Waals surface area contributed by atoms with Gasteiger partial charge in [0.1, 0.15) is 0 Å². The summed E-state index contributed by atoms with van der Waals surface area (Å²) in [7, 11) is 0. The molecule has 0 aliphatic heterocycles. The first-order valence-electron chi connectivity index (χ1n) is 12.8. The average molecular weight is 441 g/mol. The lowest BCUT2D eigenvalue weighted by molar-refractivity contribution is 0.116. The molecule has 0 amide bonds. The summed E-state index contributed by atoms with van der Waals surface area (Å²) in [5.74, 6) is 0. The number of allylic oxidation sites excluding steroid dienone is 1. The van der Waals surface area contributed by atoms with Crippen molar-refractivity contribution in [2.45, 2.75) is 71.8 Å². The molecule has 3 aromatic carbocycles. The highest BCUT2D eigenvalue weighted by Gasteiger charge is 2.04. The van der Waals surface area contributed by atoms with Crippen LogP contribution >= 0.6 is 0 Å². The molecule has 0 heterocycles. The van der Waals surface area contributed by atoms with E-state index in [2.05, 4.69) is 98.8 Å². The summed E-state index contributed by atoms with van der Waals surface area (Å²) < 4.78 is 5.91. The van der Waals surface area contributed by atoms with Gasteiger partial charge in [-0.15, -0.1) is 0 Å². The minimum atomic E-state index is 0.731. The number of ether oxygens (including phenoxy) is 1. The fourth-order valence-corrected chi connectivity index (χ4v) is 4.07. The summed E-state index contributed by atoms with van der Waals surface area (Å²) in [6, 6.07) is 26.9. The van der Waals surface area contributed by atoms with Crippen molar-refractivity contribution < 1.29 is 4.74 Å². The van der Waals surface area contributed by atoms with Crippen molar-refractivity contribution in [2.75, 3.05) is 6.61 Å². The smallest absolute Gasteiger partial charge is 0.0719 e. The van der Waals surface area contributed by atoms with E-state index in [1.807, 2.05) is 0 Å². The van der Waals surface area contributed by atoms with Crippen molar-refractivity contribution in [3.05, 3.63) is 112 Å². The van der Waals surface area contributed by atoms with Gasteiger partial charge in [-0.3, -0.25) is 0 Å². The third-order valence-corrected chi connectivity index (χ3v) is 6.20. The number of hydrogen-bond acceptors (Lipinski definition) is 1. The van der Waals surface area contributed by atoms with Crippen LogP contribution in [0.15, 0.2) is 78.9 Å². The largest absolute Gasteiger partial charge is 0.377 e. The molecule has 0 aromatic heterocycles. The lowest BCUT2D eigenvalue weighted by Crippen LogP contribution is -2.01. The van der Waals surface area contributed by atoms with Crippen LogP contribution in [0.25, 0.3) is 6.08 Å². The van der Waals surface area contributed by atoms with Crippen LogP contribution in [0.4, 0.5) is 0 Å². The maximum Gasteiger partial charge on any atom is 0.0719 e. The number of aryl methyl sites for hydroxylation is 4. The van der Waals surface area contributed by atoms with Crippen LogP contribution in [0.3, 0.4) is 0 Å². The minimum absolute atomic E-state index is 0.731. The Bertz CT molecular complexity index is 951. The van der Waals surface area contributed by atoms with E-state index in [0.717, 1.165) is 51.7 Å². The lowest BCUT2D eigenvalue weighted by atomic mass is 9.98. The van der Waals surface area contributed by atoms with E-state index in [9.17, 15) is 0 Å². The predicted octanol–water partition coefficient (Wildman–Crippen LogP) is 8.39. The van der Waals surface area contributed by atoms with E-state index in [4.69, 9.17) is 4.74 Å². The Morgan fingerprint density at radius 3 is 1.82 bits per heavy atom. The molecule has 0 fully saturated rings. The highest BCUT2D eigenvalue weighted by Crippen LogP contribution is 2.16. The summed E-state index contributed by atoms with van der Waals surface area (Å²) in [6.45, 7) is 5.99. The number of rotatable bonds is 14. The maximum atomic E-state index is 5.91. The van der Waals surface area contributed by atoms with E-state index < -0.39 is 0 Å². The number of hydrogen-bond donors (Lipinski definition) is 0. The Balaban J connectivity index is 1.46. The second-order valence-electron chi connectivity index (χ2n) is 8.90. The highest BCUT2D eigenvalue weighted by atomic mass is 16.5. The molecular formula is C32H40O.